The molecule has 70 valence electrons. The number of aryl methyl sites for hydroxylation is 1. The van der Waals surface area contributed by atoms with Crippen LogP contribution in [0.1, 0.15) is 22.9 Å². The van der Waals surface area contributed by atoms with Gasteiger partial charge >= 0.3 is 0 Å². The molecule has 0 spiro atoms. The molecule has 0 heterocycles. The highest BCUT2D eigenvalue weighted by Crippen LogP contribution is 2.27. The number of hydrogen-bond donors (Lipinski definition) is 1. The van der Waals surface area contributed by atoms with E-state index >= 15 is 0 Å². The van der Waals surface area contributed by atoms with Gasteiger partial charge < -0.3 is 0 Å². The average molecular weight is 259 g/mol. The summed E-state index contributed by atoms with van der Waals surface area (Å²) in [5, 5.41) is 0. The molecule has 0 N–H and O–H groups in total. The van der Waals surface area contributed by atoms with Gasteiger partial charge in [-0.05, 0) is 37.1 Å². The molecule has 0 aliphatic carbocycles. The lowest BCUT2D eigenvalue weighted by Crippen LogP contribution is -2.02. The maximum absolute atomic E-state index is 11.1. The third-order valence-corrected chi connectivity index (χ3v) is 3.30. The third kappa shape index (κ3) is 2.58. The zero-order valence-corrected chi connectivity index (χ0v) is 10.0. The highest BCUT2D eigenvalue weighted by atomic mass is 79.9. The van der Waals surface area contributed by atoms with E-state index in [4.69, 9.17) is 0 Å². The highest BCUT2D eigenvalue weighted by molar-refractivity contribution is 9.09. The van der Waals surface area contributed by atoms with Crippen LogP contribution in [0.2, 0.25) is 0 Å². The van der Waals surface area contributed by atoms with E-state index in [-0.39, 0.29) is 10.6 Å². The molecular weight excluding hydrogens is 248 g/mol. The van der Waals surface area contributed by atoms with Gasteiger partial charge in [-0.2, -0.15) is 0 Å². The predicted molar refractivity (Wildman–Crippen MR) is 60.8 cm³/mol. The van der Waals surface area contributed by atoms with Gasteiger partial charge in [-0.15, -0.1) is 12.6 Å². The van der Waals surface area contributed by atoms with Crippen LogP contribution in [0, 0.1) is 6.92 Å². The quantitative estimate of drug-likeness (QED) is 0.637. The molecule has 3 heteroatoms. The van der Waals surface area contributed by atoms with Gasteiger partial charge in [0.1, 0.15) is 5.78 Å². The van der Waals surface area contributed by atoms with Crippen LogP contribution >= 0.6 is 28.6 Å². The fourth-order valence-corrected chi connectivity index (χ4v) is 1.95. The predicted octanol–water partition coefficient (Wildman–Crippen LogP) is 3.31. The molecule has 0 radical (unpaired) electrons. The maximum Gasteiger partial charge on any atom is 0.147 e. The minimum absolute atomic E-state index is 0.120. The van der Waals surface area contributed by atoms with Crippen LogP contribution < -0.4 is 0 Å². The Morgan fingerprint density at radius 1 is 1.54 bits per heavy atom. The largest absolute Gasteiger partial charge is 0.298 e. The summed E-state index contributed by atoms with van der Waals surface area (Å²) in [6, 6.07) is 5.77. The summed E-state index contributed by atoms with van der Waals surface area (Å²) in [5.41, 5.74) is 2.11. The molecular formula is C10H11BrOS. The van der Waals surface area contributed by atoms with E-state index in [0.29, 0.717) is 0 Å². The lowest BCUT2D eigenvalue weighted by Gasteiger charge is -2.09. The summed E-state index contributed by atoms with van der Waals surface area (Å²) in [4.78, 5) is 11.8. The van der Waals surface area contributed by atoms with Gasteiger partial charge in [0.15, 0.2) is 0 Å². The first kappa shape index (κ1) is 10.8. The molecule has 0 bridgehead atoms. The Hall–Kier alpha value is -0.280. The Labute approximate surface area is 92.1 Å². The summed E-state index contributed by atoms with van der Waals surface area (Å²) >= 11 is 7.57. The number of ketones is 1. The van der Waals surface area contributed by atoms with Gasteiger partial charge in [0.05, 0.1) is 4.83 Å². The van der Waals surface area contributed by atoms with Crippen molar-refractivity contribution < 1.29 is 4.79 Å². The minimum atomic E-state index is -0.193. The van der Waals surface area contributed by atoms with Crippen LogP contribution in [-0.2, 0) is 4.79 Å². The number of hydrogen-bond acceptors (Lipinski definition) is 2. The summed E-state index contributed by atoms with van der Waals surface area (Å²) < 4.78 is 0. The van der Waals surface area contributed by atoms with Crippen LogP contribution in [0.3, 0.4) is 0 Å². The summed E-state index contributed by atoms with van der Waals surface area (Å²) in [6.07, 6.45) is 0. The standard InChI is InChI=1S/C10H11BrOS/c1-6-5-8(13)3-4-9(6)10(11)7(2)12/h3-5,10,13H,1-2H3. The first-order valence-electron chi connectivity index (χ1n) is 3.96. The monoisotopic (exact) mass is 258 g/mol. The lowest BCUT2D eigenvalue weighted by atomic mass is 10.0. The summed E-state index contributed by atoms with van der Waals surface area (Å²) in [6.45, 7) is 3.56. The molecule has 13 heavy (non-hydrogen) atoms. The van der Waals surface area contributed by atoms with E-state index in [0.717, 1.165) is 16.0 Å². The third-order valence-electron chi connectivity index (χ3n) is 1.88. The second-order valence-corrected chi connectivity index (χ2v) is 4.45. The molecule has 0 saturated carbocycles. The molecule has 0 aliphatic rings. The van der Waals surface area contributed by atoms with Crippen LogP contribution in [0.25, 0.3) is 0 Å². The van der Waals surface area contributed by atoms with E-state index in [1.54, 1.807) is 6.92 Å². The number of thiol groups is 1. The van der Waals surface area contributed by atoms with Crippen molar-refractivity contribution in [1.82, 2.24) is 0 Å². The molecule has 1 rings (SSSR count). The number of carbonyl (C=O) groups excluding carboxylic acids is 1. The van der Waals surface area contributed by atoms with E-state index < -0.39 is 0 Å². The van der Waals surface area contributed by atoms with Crippen LogP contribution in [0.5, 0.6) is 0 Å². The normalized spacial score (nSPS) is 12.6. The number of Topliss-reactive ketones (excluding diaryl/α,β-unsaturated/α-hetero) is 1. The van der Waals surface area contributed by atoms with Crippen LogP contribution in [-0.4, -0.2) is 5.78 Å². The molecule has 0 amide bonds. The Balaban J connectivity index is 3.08. The Bertz CT molecular complexity index is 336. The van der Waals surface area contributed by atoms with E-state index in [1.165, 1.54) is 0 Å². The number of halogens is 1. The minimum Gasteiger partial charge on any atom is -0.298 e. The summed E-state index contributed by atoms with van der Waals surface area (Å²) in [5.74, 6) is 0.120. The van der Waals surface area contributed by atoms with E-state index in [1.807, 2.05) is 25.1 Å². The molecule has 1 aromatic carbocycles. The number of carbonyl (C=O) groups is 1. The van der Waals surface area contributed by atoms with Gasteiger partial charge in [-0.3, -0.25) is 4.79 Å². The Morgan fingerprint density at radius 2 is 2.15 bits per heavy atom. The van der Waals surface area contributed by atoms with E-state index in [2.05, 4.69) is 28.6 Å². The fourth-order valence-electron chi connectivity index (χ4n) is 1.16. The van der Waals surface area contributed by atoms with Gasteiger partial charge in [0.25, 0.3) is 0 Å². The topological polar surface area (TPSA) is 17.1 Å². The highest BCUT2D eigenvalue weighted by Gasteiger charge is 2.14. The molecule has 0 saturated heterocycles. The SMILES string of the molecule is CC(=O)C(Br)c1ccc(S)cc1C. The van der Waals surface area contributed by atoms with Crippen LogP contribution in [0.4, 0.5) is 0 Å². The van der Waals surface area contributed by atoms with Crippen molar-refractivity contribution in [3.63, 3.8) is 0 Å². The molecule has 1 unspecified atom stereocenters. The molecule has 1 atom stereocenters. The second kappa shape index (κ2) is 4.29. The second-order valence-electron chi connectivity index (χ2n) is 3.01. The van der Waals surface area contributed by atoms with E-state index in [9.17, 15) is 4.79 Å². The van der Waals surface area contributed by atoms with Crippen molar-refractivity contribution in [3.05, 3.63) is 29.3 Å². The molecule has 1 aromatic rings. The van der Waals surface area contributed by atoms with Crippen molar-refractivity contribution in [2.24, 2.45) is 0 Å². The van der Waals surface area contributed by atoms with Gasteiger partial charge in [-0.1, -0.05) is 22.0 Å². The first-order chi connectivity index (χ1) is 6.02. The molecule has 0 fully saturated rings. The number of alkyl halides is 1. The smallest absolute Gasteiger partial charge is 0.147 e. The molecule has 1 nitrogen and oxygen atoms in total. The molecule has 0 aromatic heterocycles. The number of benzene rings is 1. The average Bonchev–Trinajstić information content (AvgIpc) is 2.03. The van der Waals surface area contributed by atoms with Crippen LogP contribution in [0.15, 0.2) is 23.1 Å². The molecule has 0 aliphatic heterocycles. The number of rotatable bonds is 2. The summed E-state index contributed by atoms with van der Waals surface area (Å²) in [7, 11) is 0. The van der Waals surface area contributed by atoms with Crippen molar-refractivity contribution in [2.45, 2.75) is 23.6 Å². The van der Waals surface area contributed by atoms with Gasteiger partial charge in [-0.25, -0.2) is 0 Å². The lowest BCUT2D eigenvalue weighted by molar-refractivity contribution is -0.116. The zero-order valence-electron chi connectivity index (χ0n) is 7.54. The Morgan fingerprint density at radius 3 is 2.62 bits per heavy atom. The van der Waals surface area contributed by atoms with Crippen molar-refractivity contribution in [1.29, 1.82) is 0 Å². The fraction of sp³-hybridized carbons (Fsp3) is 0.300. The first-order valence-corrected chi connectivity index (χ1v) is 5.32. The van der Waals surface area contributed by atoms with Crippen molar-refractivity contribution in [3.8, 4) is 0 Å². The van der Waals surface area contributed by atoms with Gasteiger partial charge in [0.2, 0.25) is 0 Å². The Kier molecular flexibility index (Phi) is 3.56. The van der Waals surface area contributed by atoms with Crippen molar-refractivity contribution in [2.75, 3.05) is 0 Å². The maximum atomic E-state index is 11.1. The van der Waals surface area contributed by atoms with Gasteiger partial charge in [0, 0.05) is 4.90 Å². The van der Waals surface area contributed by atoms with Crippen molar-refractivity contribution >= 4 is 34.3 Å². The zero-order chi connectivity index (χ0) is 10.0.